The summed E-state index contributed by atoms with van der Waals surface area (Å²) in [6, 6.07) is 16.5. The Morgan fingerprint density at radius 2 is 1.65 bits per heavy atom. The van der Waals surface area contributed by atoms with Crippen LogP contribution < -0.4 is 10.0 Å². The number of pyridine rings is 1. The zero-order chi connectivity index (χ0) is 31.1. The van der Waals surface area contributed by atoms with E-state index in [9.17, 15) is 37.8 Å². The van der Waals surface area contributed by atoms with E-state index in [0.717, 1.165) is 28.5 Å². The van der Waals surface area contributed by atoms with Crippen LogP contribution in [0.3, 0.4) is 0 Å². The Morgan fingerprint density at radius 3 is 2.35 bits per heavy atom. The molecule has 1 amide bonds. The summed E-state index contributed by atoms with van der Waals surface area (Å²) in [6.07, 6.45) is 1.02. The van der Waals surface area contributed by atoms with Gasteiger partial charge in [0.1, 0.15) is 11.3 Å². The molecule has 14 heteroatoms. The third kappa shape index (κ3) is 7.94. The Hall–Kier alpha value is -4.79. The number of aliphatic carboxylic acids is 1. The zero-order valence-electron chi connectivity index (χ0n) is 22.3. The van der Waals surface area contributed by atoms with Gasteiger partial charge in [-0.2, -0.15) is 0 Å². The number of rotatable bonds is 13. The molecule has 0 aliphatic rings. The van der Waals surface area contributed by atoms with Crippen LogP contribution in [0.4, 0.5) is 0 Å². The fourth-order valence-corrected chi connectivity index (χ4v) is 6.02. The molecular weight excluding hydrogens is 598 g/mol. The lowest BCUT2D eigenvalue weighted by Crippen LogP contribution is -2.43. The smallest absolute Gasteiger partial charge is 0.339 e. The molecule has 0 radical (unpaired) electrons. The van der Waals surface area contributed by atoms with Crippen molar-refractivity contribution in [2.45, 2.75) is 28.8 Å². The molecule has 1 heterocycles. The van der Waals surface area contributed by atoms with E-state index in [1.54, 1.807) is 18.3 Å². The summed E-state index contributed by atoms with van der Waals surface area (Å²) >= 11 is 1.19. The number of ketones is 1. The van der Waals surface area contributed by atoms with Gasteiger partial charge in [0.05, 0.1) is 28.6 Å². The Bertz CT molecular complexity index is 1800. The number of carboxylic acid groups (broad SMARTS) is 2. The third-order valence-electron chi connectivity index (χ3n) is 6.23. The van der Waals surface area contributed by atoms with E-state index in [-0.39, 0.29) is 22.8 Å². The first-order valence-corrected chi connectivity index (χ1v) is 15.1. The first kappa shape index (κ1) is 31.2. The van der Waals surface area contributed by atoms with E-state index in [1.807, 2.05) is 18.2 Å². The van der Waals surface area contributed by atoms with Crippen molar-refractivity contribution in [1.29, 1.82) is 0 Å². The normalized spacial score (nSPS) is 12.0. The highest BCUT2D eigenvalue weighted by atomic mass is 32.2. The molecule has 4 aromatic rings. The van der Waals surface area contributed by atoms with Gasteiger partial charge in [-0.1, -0.05) is 30.3 Å². The summed E-state index contributed by atoms with van der Waals surface area (Å²) in [5, 5.41) is 31.4. The summed E-state index contributed by atoms with van der Waals surface area (Å²) in [5.74, 6) is -4.59. The van der Waals surface area contributed by atoms with E-state index in [1.165, 1.54) is 36.0 Å². The quantitative estimate of drug-likeness (QED) is 0.137. The van der Waals surface area contributed by atoms with Gasteiger partial charge in [0, 0.05) is 28.6 Å². The number of aromatic carboxylic acids is 1. The highest BCUT2D eigenvalue weighted by Gasteiger charge is 2.25. The van der Waals surface area contributed by atoms with Crippen LogP contribution in [0.2, 0.25) is 0 Å². The average molecular weight is 624 g/mol. The molecule has 1 aromatic heterocycles. The lowest BCUT2D eigenvalue weighted by Gasteiger charge is -2.16. The van der Waals surface area contributed by atoms with Crippen molar-refractivity contribution in [2.75, 3.05) is 5.75 Å². The van der Waals surface area contributed by atoms with Gasteiger partial charge in [-0.05, 0) is 48.0 Å². The third-order valence-corrected chi connectivity index (χ3v) is 8.70. The Kier molecular flexibility index (Phi) is 9.75. The number of carboxylic acids is 2. The molecule has 3 aromatic carbocycles. The van der Waals surface area contributed by atoms with E-state index >= 15 is 0 Å². The minimum atomic E-state index is -4.14. The molecule has 0 aliphatic carbocycles. The summed E-state index contributed by atoms with van der Waals surface area (Å²) < 4.78 is 27.5. The molecule has 43 heavy (non-hydrogen) atoms. The summed E-state index contributed by atoms with van der Waals surface area (Å²) in [6.45, 7) is -0.201. The molecule has 0 aliphatic heterocycles. The number of hydrogen-bond acceptors (Lipinski definition) is 9. The van der Waals surface area contributed by atoms with Gasteiger partial charge in [0.15, 0.2) is 5.78 Å². The fraction of sp³-hybridized carbons (Fsp3) is 0.138. The Balaban J connectivity index is 1.38. The Morgan fingerprint density at radius 1 is 0.930 bits per heavy atom. The average Bonchev–Trinajstić information content (AvgIpc) is 2.98. The lowest BCUT2D eigenvalue weighted by atomic mass is 10.1. The zero-order valence-corrected chi connectivity index (χ0v) is 23.9. The molecule has 0 saturated heterocycles. The number of amides is 1. The van der Waals surface area contributed by atoms with E-state index in [0.29, 0.717) is 11.1 Å². The van der Waals surface area contributed by atoms with Gasteiger partial charge in [-0.15, -0.1) is 11.8 Å². The largest absolute Gasteiger partial charge is 0.507 e. The summed E-state index contributed by atoms with van der Waals surface area (Å²) in [7, 11) is -4.14. The highest BCUT2D eigenvalue weighted by Crippen LogP contribution is 2.26. The van der Waals surface area contributed by atoms with Crippen molar-refractivity contribution < 1.29 is 42.9 Å². The van der Waals surface area contributed by atoms with Crippen molar-refractivity contribution in [2.24, 2.45) is 0 Å². The van der Waals surface area contributed by atoms with E-state index in [2.05, 4.69) is 15.0 Å². The van der Waals surface area contributed by atoms with Crippen molar-refractivity contribution in [1.82, 2.24) is 15.0 Å². The minimum absolute atomic E-state index is 0.0953. The highest BCUT2D eigenvalue weighted by molar-refractivity contribution is 8.00. The van der Waals surface area contributed by atoms with Gasteiger partial charge in [0.25, 0.3) is 5.91 Å². The summed E-state index contributed by atoms with van der Waals surface area (Å²) in [4.78, 5) is 53.2. The van der Waals surface area contributed by atoms with Gasteiger partial charge in [0.2, 0.25) is 10.0 Å². The first-order valence-electron chi connectivity index (χ1n) is 12.6. The molecular formula is C29H25N3O9S2. The fourth-order valence-electron chi connectivity index (χ4n) is 3.99. The second kappa shape index (κ2) is 13.5. The molecule has 1 atom stereocenters. The maximum absolute atomic E-state index is 13.0. The number of phenols is 1. The maximum atomic E-state index is 13.0. The predicted molar refractivity (Wildman–Crippen MR) is 157 cm³/mol. The predicted octanol–water partition coefficient (Wildman–Crippen LogP) is 3.05. The van der Waals surface area contributed by atoms with Gasteiger partial charge < -0.3 is 20.6 Å². The number of aromatic nitrogens is 1. The number of sulfonamides is 1. The van der Waals surface area contributed by atoms with Gasteiger partial charge >= 0.3 is 11.9 Å². The molecule has 0 saturated carbocycles. The molecule has 0 fully saturated rings. The van der Waals surface area contributed by atoms with Crippen molar-refractivity contribution in [3.63, 3.8) is 0 Å². The maximum Gasteiger partial charge on any atom is 0.339 e. The molecule has 0 spiro atoms. The SMILES string of the molecule is O=C(O)C[C@H](NC(=O)c1ccc(CNS(=O)(=O)c2ccc(O)c(C(=O)O)c2)cc1)C(=O)CSc1cccc2cccnc12. The van der Waals surface area contributed by atoms with Crippen LogP contribution >= 0.6 is 11.8 Å². The minimum Gasteiger partial charge on any atom is -0.507 e. The number of para-hydroxylation sites is 1. The van der Waals surface area contributed by atoms with Crippen molar-refractivity contribution >= 4 is 56.3 Å². The number of nitrogens with one attached hydrogen (secondary N) is 2. The topological polar surface area (TPSA) is 200 Å². The second-order valence-electron chi connectivity index (χ2n) is 9.22. The molecule has 4 rings (SSSR count). The van der Waals surface area contributed by atoms with E-state index < -0.39 is 57.4 Å². The van der Waals surface area contributed by atoms with Crippen molar-refractivity contribution in [3.8, 4) is 5.75 Å². The molecule has 5 N–H and O–H groups in total. The number of carbonyl (C=O) groups excluding carboxylic acids is 2. The molecule has 0 unspecified atom stereocenters. The molecule has 0 bridgehead atoms. The van der Waals surface area contributed by atoms with Crippen LogP contribution in [-0.4, -0.2) is 64.1 Å². The number of fused-ring (bicyclic) bond motifs is 1. The number of Topliss-reactive ketones (excluding diaryl/α,β-unsaturated/α-hetero) is 1. The number of nitrogens with zero attached hydrogens (tertiary/aromatic N) is 1. The standard InChI is InChI=1S/C29H25N3O9S2/c33-23-11-10-20(13-21(23)29(38)39)43(40,41)31-15-17-6-8-19(9-7-17)28(37)32-22(14-26(35)36)24(34)16-42-25-5-1-3-18-4-2-12-30-27(18)25/h1-13,22,31,33H,14-16H2,(H,32,37)(H,35,36)(H,38,39)/t22-/m0/s1. The number of aromatic hydroxyl groups is 1. The van der Waals surface area contributed by atoms with Gasteiger partial charge in [-0.25, -0.2) is 17.9 Å². The number of hydrogen-bond donors (Lipinski definition) is 5. The monoisotopic (exact) mass is 623 g/mol. The Labute approximate surface area is 249 Å². The number of benzene rings is 3. The number of thioether (sulfide) groups is 1. The van der Waals surface area contributed by atoms with Crippen LogP contribution in [0.25, 0.3) is 10.9 Å². The van der Waals surface area contributed by atoms with Crippen LogP contribution in [0, 0.1) is 0 Å². The van der Waals surface area contributed by atoms with Crippen molar-refractivity contribution in [3.05, 3.63) is 95.7 Å². The van der Waals surface area contributed by atoms with Crippen LogP contribution in [0.1, 0.15) is 32.7 Å². The first-order chi connectivity index (χ1) is 20.4. The van der Waals surface area contributed by atoms with Crippen LogP contribution in [-0.2, 0) is 26.2 Å². The van der Waals surface area contributed by atoms with E-state index in [4.69, 9.17) is 5.11 Å². The van der Waals surface area contributed by atoms with Crippen LogP contribution in [0.5, 0.6) is 5.75 Å². The number of carbonyl (C=O) groups is 4. The second-order valence-corrected chi connectivity index (χ2v) is 12.0. The molecule has 222 valence electrons. The summed E-state index contributed by atoms with van der Waals surface area (Å²) in [5.41, 5.74) is 0.708. The lowest BCUT2D eigenvalue weighted by molar-refractivity contribution is -0.139. The van der Waals surface area contributed by atoms with Gasteiger partial charge in [-0.3, -0.25) is 19.4 Å². The molecule has 12 nitrogen and oxygen atoms in total. The van der Waals surface area contributed by atoms with Crippen LogP contribution in [0.15, 0.2) is 88.8 Å².